The maximum Gasteiger partial charge on any atom is 1.00 e. The predicted octanol–water partition coefficient (Wildman–Crippen LogP) is 11.1. The zero-order chi connectivity index (χ0) is 37.1. The summed E-state index contributed by atoms with van der Waals surface area (Å²) in [7, 11) is -0.773. The molecule has 0 saturated carbocycles. The summed E-state index contributed by atoms with van der Waals surface area (Å²) in [5, 5.41) is 14.2. The molecule has 5 rings (SSSR count). The number of allylic oxidation sites excluding steroid dienone is 4. The fourth-order valence-electron chi connectivity index (χ4n) is 6.92. The van der Waals surface area contributed by atoms with Crippen LogP contribution in [0.15, 0.2) is 121 Å². The van der Waals surface area contributed by atoms with Crippen molar-refractivity contribution in [2.75, 3.05) is 0 Å². The molecule has 0 heterocycles. The van der Waals surface area contributed by atoms with E-state index in [1.54, 1.807) is 0 Å². The Morgan fingerprint density at radius 3 is 1.12 bits per heavy atom. The van der Waals surface area contributed by atoms with E-state index in [1.807, 2.05) is 18.9 Å². The largest absolute Gasteiger partial charge is 1.00 e. The van der Waals surface area contributed by atoms with Crippen LogP contribution in [0.4, 0.5) is 11.4 Å². The summed E-state index contributed by atoms with van der Waals surface area (Å²) in [6.07, 6.45) is 10.3. The minimum atomic E-state index is -0.773. The molecule has 1 aliphatic carbocycles. The minimum absolute atomic E-state index is 0. The zero-order valence-electron chi connectivity index (χ0n) is 34.0. The molecule has 0 radical (unpaired) electrons. The van der Waals surface area contributed by atoms with E-state index in [0.29, 0.717) is 23.7 Å². The fraction of sp³-hybridized carbons (Fsp3) is 0.375. The van der Waals surface area contributed by atoms with E-state index in [-0.39, 0.29) is 36.6 Å². The van der Waals surface area contributed by atoms with Gasteiger partial charge in [0.05, 0.1) is 0 Å². The second-order valence-corrected chi connectivity index (χ2v) is 17.5. The molecule has 0 fully saturated rings. The van der Waals surface area contributed by atoms with Crippen molar-refractivity contribution in [3.8, 4) is 0 Å². The fourth-order valence-corrected chi connectivity index (χ4v) is 9.89. The van der Waals surface area contributed by atoms with Crippen LogP contribution in [0.25, 0.3) is 10.6 Å². The van der Waals surface area contributed by atoms with E-state index in [2.05, 4.69) is 185 Å². The molecular formula is C48H61LiN2P-3. The van der Waals surface area contributed by atoms with Crippen molar-refractivity contribution in [1.29, 1.82) is 0 Å². The molecule has 1 aliphatic rings. The molecule has 272 valence electrons. The van der Waals surface area contributed by atoms with Crippen LogP contribution in [-0.2, 0) is 0 Å². The summed E-state index contributed by atoms with van der Waals surface area (Å²) in [6.45, 7) is 25.1. The average Bonchev–Trinajstić information content (AvgIpc) is 3.11. The van der Waals surface area contributed by atoms with Crippen LogP contribution in [0.3, 0.4) is 0 Å². The number of hydrogen-bond acceptors (Lipinski definition) is 0. The Morgan fingerprint density at radius 2 is 0.846 bits per heavy atom. The van der Waals surface area contributed by atoms with Crippen LogP contribution in [0.1, 0.15) is 122 Å². The number of rotatable bonds is 13. The van der Waals surface area contributed by atoms with Crippen molar-refractivity contribution in [3.63, 3.8) is 0 Å². The first-order chi connectivity index (χ1) is 24.4. The Hall–Kier alpha value is -3.27. The van der Waals surface area contributed by atoms with Gasteiger partial charge in [0.2, 0.25) is 0 Å². The predicted molar refractivity (Wildman–Crippen MR) is 229 cm³/mol. The van der Waals surface area contributed by atoms with Crippen LogP contribution in [0.5, 0.6) is 0 Å². The average molecular weight is 704 g/mol. The van der Waals surface area contributed by atoms with Gasteiger partial charge in [-0.05, 0) is 47.9 Å². The SMILES string of the molecule is CC(C)c1cccc(C(C)C)c1[N-]C(C)C(C(C)[N-]c1c(C(C)C)cccc1C(C)C)P(c1ccccc1)c1ccccc1.CC1=C[CH-][CH-]C=C1.[Li+]. The molecule has 52 heavy (non-hydrogen) atoms. The summed E-state index contributed by atoms with van der Waals surface area (Å²) in [6, 6.07) is 35.9. The van der Waals surface area contributed by atoms with Gasteiger partial charge < -0.3 is 10.6 Å². The third kappa shape index (κ3) is 11.4. The second-order valence-electron chi connectivity index (χ2n) is 15.1. The maximum absolute atomic E-state index is 5.71. The van der Waals surface area contributed by atoms with Gasteiger partial charge in [-0.1, -0.05) is 189 Å². The molecule has 0 bridgehead atoms. The number of hydrogen-bond donors (Lipinski definition) is 0. The van der Waals surface area contributed by atoms with Crippen LogP contribution in [-0.4, -0.2) is 17.7 Å². The number of nitrogens with zero attached hydrogens (tertiary/aromatic N) is 2. The van der Waals surface area contributed by atoms with Gasteiger partial charge in [-0.3, -0.25) is 36.6 Å². The van der Waals surface area contributed by atoms with Crippen LogP contribution in [0.2, 0.25) is 0 Å². The maximum atomic E-state index is 5.71. The van der Waals surface area contributed by atoms with Gasteiger partial charge in [0.15, 0.2) is 0 Å². The standard InChI is InChI=1S/C41H53N2P.C7H8.Li/c1-27(2)35-23-17-24-36(28(3)4)39(35)42-31(9)41(44(33-19-13-11-14-20-33)34-21-15-12-16-22-34)32(10)43-40-37(29(5)6)25-18-26-38(40)30(7)8;1-7-5-3-2-4-6-7;/h11-32,41H,1-10H3;2-6H,1H3;/q2*-2;+1. The third-order valence-electron chi connectivity index (χ3n) is 9.65. The van der Waals surface area contributed by atoms with Crippen molar-refractivity contribution >= 4 is 29.9 Å². The molecule has 0 aromatic heterocycles. The first-order valence-electron chi connectivity index (χ1n) is 19.0. The summed E-state index contributed by atoms with van der Waals surface area (Å²) >= 11 is 0. The molecule has 2 atom stereocenters. The molecule has 2 nitrogen and oxygen atoms in total. The molecule has 4 aromatic rings. The van der Waals surface area contributed by atoms with Crippen molar-refractivity contribution in [3.05, 3.63) is 167 Å². The van der Waals surface area contributed by atoms with Crippen LogP contribution in [0, 0.1) is 12.8 Å². The molecule has 0 N–H and O–H groups in total. The minimum Gasteiger partial charge on any atom is -0.681 e. The van der Waals surface area contributed by atoms with Gasteiger partial charge >= 0.3 is 18.9 Å². The first-order valence-corrected chi connectivity index (χ1v) is 20.4. The van der Waals surface area contributed by atoms with Crippen molar-refractivity contribution in [1.82, 2.24) is 0 Å². The Balaban J connectivity index is 0.000000814. The molecule has 4 aromatic carbocycles. The van der Waals surface area contributed by atoms with E-state index in [1.165, 1.54) is 49.8 Å². The summed E-state index contributed by atoms with van der Waals surface area (Å²) in [4.78, 5) is 0. The number of benzene rings is 4. The zero-order valence-corrected chi connectivity index (χ0v) is 34.9. The first kappa shape index (κ1) is 43.1. The van der Waals surface area contributed by atoms with E-state index in [9.17, 15) is 0 Å². The van der Waals surface area contributed by atoms with Gasteiger partial charge in [0.25, 0.3) is 0 Å². The topological polar surface area (TPSA) is 28.2 Å². The molecule has 0 amide bonds. The monoisotopic (exact) mass is 703 g/mol. The van der Waals surface area contributed by atoms with E-state index < -0.39 is 7.92 Å². The molecule has 0 aliphatic heterocycles. The van der Waals surface area contributed by atoms with Crippen LogP contribution < -0.4 is 29.5 Å². The van der Waals surface area contributed by atoms with E-state index in [0.717, 1.165) is 0 Å². The van der Waals surface area contributed by atoms with E-state index in [4.69, 9.17) is 10.6 Å². The van der Waals surface area contributed by atoms with Gasteiger partial charge in [-0.2, -0.15) is 0 Å². The Bertz CT molecular complexity index is 1540. The smallest absolute Gasteiger partial charge is 0.681 e. The van der Waals surface area contributed by atoms with Gasteiger partial charge in [0.1, 0.15) is 0 Å². The third-order valence-corrected chi connectivity index (χ3v) is 12.8. The Kier molecular flexibility index (Phi) is 17.3. The second kappa shape index (κ2) is 20.8. The molecule has 0 saturated heterocycles. The quantitative estimate of drug-likeness (QED) is 0.0753. The molecule has 2 unspecified atom stereocenters. The Labute approximate surface area is 331 Å². The normalized spacial score (nSPS) is 14.1. The van der Waals surface area contributed by atoms with Crippen molar-refractivity contribution in [2.45, 2.75) is 118 Å². The van der Waals surface area contributed by atoms with Crippen molar-refractivity contribution < 1.29 is 18.9 Å². The summed E-state index contributed by atoms with van der Waals surface area (Å²) in [5.74, 6) is 1.60. The van der Waals surface area contributed by atoms with Gasteiger partial charge in [0, 0.05) is 0 Å². The molecular weight excluding hydrogens is 642 g/mol. The number of para-hydroxylation sites is 2. The van der Waals surface area contributed by atoms with E-state index >= 15 is 0 Å². The van der Waals surface area contributed by atoms with Crippen LogP contribution >= 0.6 is 7.92 Å². The Morgan fingerprint density at radius 1 is 0.481 bits per heavy atom. The van der Waals surface area contributed by atoms with Crippen molar-refractivity contribution in [2.24, 2.45) is 0 Å². The van der Waals surface area contributed by atoms with Gasteiger partial charge in [-0.25, -0.2) is 0 Å². The molecule has 4 heteroatoms. The summed E-state index contributed by atoms with van der Waals surface area (Å²) < 4.78 is 0. The van der Waals surface area contributed by atoms with Gasteiger partial charge in [-0.15, -0.1) is 30.4 Å². The summed E-state index contributed by atoms with van der Waals surface area (Å²) in [5.41, 5.74) is 9.22. The molecule has 0 spiro atoms.